The topological polar surface area (TPSA) is 17.1 Å². The Balaban J connectivity index is 2.73. The molecule has 0 heterocycles. The molecule has 0 unspecified atom stereocenters. The highest BCUT2D eigenvalue weighted by Crippen LogP contribution is 2.30. The molecule has 0 amide bonds. The molecular weight excluding hydrogens is 246 g/mol. The van der Waals surface area contributed by atoms with Crippen molar-refractivity contribution in [2.24, 2.45) is 0 Å². The highest BCUT2D eigenvalue weighted by Gasteiger charge is 2.12. The summed E-state index contributed by atoms with van der Waals surface area (Å²) in [5.41, 5.74) is 3.53. The molecule has 0 N–H and O–H groups in total. The lowest BCUT2D eigenvalue weighted by Gasteiger charge is -2.12. The van der Waals surface area contributed by atoms with Crippen LogP contribution in [0.4, 0.5) is 8.78 Å². The molecule has 98 valence electrons. The first kappa shape index (κ1) is 13.4. The molecule has 3 heteroatoms. The minimum atomic E-state index is -0.504. The number of hydrogen-bond donors (Lipinski definition) is 0. The largest absolute Gasteiger partial charge is 0.298 e. The monoisotopic (exact) mass is 260 g/mol. The van der Waals surface area contributed by atoms with Crippen LogP contribution in [0.1, 0.15) is 27.0 Å². The van der Waals surface area contributed by atoms with Crippen LogP contribution in [0.5, 0.6) is 0 Å². The molecule has 1 nitrogen and oxygen atoms in total. The number of carbonyl (C=O) groups is 1. The zero-order valence-electron chi connectivity index (χ0n) is 11.1. The van der Waals surface area contributed by atoms with Gasteiger partial charge in [-0.1, -0.05) is 0 Å². The number of halogens is 2. The first-order valence-electron chi connectivity index (χ1n) is 5.96. The minimum absolute atomic E-state index is 0.0260. The van der Waals surface area contributed by atoms with Gasteiger partial charge in [-0.2, -0.15) is 0 Å². The van der Waals surface area contributed by atoms with E-state index in [2.05, 4.69) is 0 Å². The Morgan fingerprint density at radius 1 is 0.895 bits per heavy atom. The van der Waals surface area contributed by atoms with Gasteiger partial charge in [-0.25, -0.2) is 8.78 Å². The zero-order valence-corrected chi connectivity index (χ0v) is 11.1. The van der Waals surface area contributed by atoms with Gasteiger partial charge in [0.25, 0.3) is 0 Å². The number of aryl methyl sites for hydroxylation is 3. The number of aldehydes is 1. The summed E-state index contributed by atoms with van der Waals surface area (Å²) in [6, 6.07) is 6.04. The SMILES string of the molecule is Cc1cc(-c2c(C)cc(F)cc2C)cc(C=O)c1F. The molecule has 0 bridgehead atoms. The van der Waals surface area contributed by atoms with E-state index in [1.165, 1.54) is 18.2 Å². The Labute approximate surface area is 110 Å². The maximum absolute atomic E-state index is 13.7. The third-order valence-electron chi connectivity index (χ3n) is 3.20. The van der Waals surface area contributed by atoms with E-state index in [0.717, 1.165) is 22.3 Å². The maximum atomic E-state index is 13.7. The normalized spacial score (nSPS) is 10.6. The third-order valence-corrected chi connectivity index (χ3v) is 3.20. The van der Waals surface area contributed by atoms with Gasteiger partial charge in [-0.3, -0.25) is 4.79 Å². The van der Waals surface area contributed by atoms with E-state index in [-0.39, 0.29) is 11.4 Å². The van der Waals surface area contributed by atoms with Gasteiger partial charge in [0, 0.05) is 0 Å². The standard InChI is InChI=1S/C16H14F2O/c1-9-5-14(17)6-10(2)15(9)12-4-11(3)16(18)13(7-12)8-19/h4-8H,1-3H3. The number of benzene rings is 2. The van der Waals surface area contributed by atoms with E-state index in [9.17, 15) is 13.6 Å². The molecular formula is C16H14F2O. The Morgan fingerprint density at radius 2 is 1.47 bits per heavy atom. The van der Waals surface area contributed by atoms with E-state index in [1.807, 2.05) is 0 Å². The van der Waals surface area contributed by atoms with Crippen LogP contribution < -0.4 is 0 Å². The van der Waals surface area contributed by atoms with Crippen molar-refractivity contribution in [2.45, 2.75) is 20.8 Å². The number of hydrogen-bond acceptors (Lipinski definition) is 1. The van der Waals surface area contributed by atoms with Crippen molar-refractivity contribution >= 4 is 6.29 Å². The van der Waals surface area contributed by atoms with Crippen LogP contribution in [0.3, 0.4) is 0 Å². The lowest BCUT2D eigenvalue weighted by atomic mass is 9.93. The Hall–Kier alpha value is -2.03. The van der Waals surface area contributed by atoms with Gasteiger partial charge < -0.3 is 0 Å². The van der Waals surface area contributed by atoms with Crippen molar-refractivity contribution in [3.63, 3.8) is 0 Å². The van der Waals surface area contributed by atoms with Crippen molar-refractivity contribution < 1.29 is 13.6 Å². The summed E-state index contributed by atoms with van der Waals surface area (Å²) in [4.78, 5) is 10.9. The molecule has 0 spiro atoms. The second-order valence-electron chi connectivity index (χ2n) is 4.73. The quantitative estimate of drug-likeness (QED) is 0.733. The minimum Gasteiger partial charge on any atom is -0.298 e. The van der Waals surface area contributed by atoms with Crippen molar-refractivity contribution in [1.82, 2.24) is 0 Å². The molecule has 0 saturated heterocycles. The van der Waals surface area contributed by atoms with E-state index in [4.69, 9.17) is 0 Å². The molecule has 0 aliphatic heterocycles. The number of rotatable bonds is 2. The summed E-state index contributed by atoms with van der Waals surface area (Å²) < 4.78 is 27.0. The molecule has 0 aromatic heterocycles. The van der Waals surface area contributed by atoms with Crippen LogP contribution in [0.15, 0.2) is 24.3 Å². The first-order chi connectivity index (χ1) is 8.93. The second kappa shape index (κ2) is 4.92. The van der Waals surface area contributed by atoms with Crippen LogP contribution in [0, 0.1) is 32.4 Å². The lowest BCUT2D eigenvalue weighted by Crippen LogP contribution is -1.96. The predicted molar refractivity (Wildman–Crippen MR) is 71.4 cm³/mol. The Kier molecular flexibility index (Phi) is 3.47. The van der Waals surface area contributed by atoms with Crippen molar-refractivity contribution in [3.8, 4) is 11.1 Å². The highest BCUT2D eigenvalue weighted by atomic mass is 19.1. The summed E-state index contributed by atoms with van der Waals surface area (Å²) in [6.45, 7) is 5.20. The lowest BCUT2D eigenvalue weighted by molar-refractivity contribution is 0.111. The fourth-order valence-electron chi connectivity index (χ4n) is 2.39. The van der Waals surface area contributed by atoms with Crippen molar-refractivity contribution in [1.29, 1.82) is 0 Å². The molecule has 2 aromatic carbocycles. The van der Waals surface area contributed by atoms with Gasteiger partial charge in [-0.15, -0.1) is 0 Å². The average Bonchev–Trinajstić information content (AvgIpc) is 2.32. The first-order valence-corrected chi connectivity index (χ1v) is 5.96. The van der Waals surface area contributed by atoms with E-state index < -0.39 is 5.82 Å². The van der Waals surface area contributed by atoms with Gasteiger partial charge in [-0.05, 0) is 72.9 Å². The van der Waals surface area contributed by atoms with Crippen LogP contribution in [-0.4, -0.2) is 6.29 Å². The van der Waals surface area contributed by atoms with E-state index in [0.29, 0.717) is 11.8 Å². The van der Waals surface area contributed by atoms with E-state index in [1.54, 1.807) is 26.8 Å². The van der Waals surface area contributed by atoms with Gasteiger partial charge in [0.1, 0.15) is 11.6 Å². The molecule has 2 aromatic rings. The molecule has 0 radical (unpaired) electrons. The van der Waals surface area contributed by atoms with Gasteiger partial charge in [0.15, 0.2) is 6.29 Å². The molecule has 0 fully saturated rings. The van der Waals surface area contributed by atoms with Gasteiger partial charge in [0.05, 0.1) is 5.56 Å². The predicted octanol–water partition coefficient (Wildman–Crippen LogP) is 4.37. The summed E-state index contributed by atoms with van der Waals surface area (Å²) in [6.07, 6.45) is 0.500. The molecule has 19 heavy (non-hydrogen) atoms. The van der Waals surface area contributed by atoms with Crippen LogP contribution in [-0.2, 0) is 0 Å². The van der Waals surface area contributed by atoms with Gasteiger partial charge in [0.2, 0.25) is 0 Å². The molecule has 0 saturated carbocycles. The number of carbonyl (C=O) groups excluding carboxylic acids is 1. The smallest absolute Gasteiger partial charge is 0.153 e. The summed E-state index contributed by atoms with van der Waals surface area (Å²) in [7, 11) is 0. The molecule has 0 aliphatic rings. The third kappa shape index (κ3) is 2.41. The summed E-state index contributed by atoms with van der Waals surface area (Å²) >= 11 is 0. The van der Waals surface area contributed by atoms with Crippen LogP contribution in [0.2, 0.25) is 0 Å². The van der Waals surface area contributed by atoms with E-state index >= 15 is 0 Å². The second-order valence-corrected chi connectivity index (χ2v) is 4.73. The maximum Gasteiger partial charge on any atom is 0.153 e. The van der Waals surface area contributed by atoms with Crippen LogP contribution in [0.25, 0.3) is 11.1 Å². The van der Waals surface area contributed by atoms with Crippen molar-refractivity contribution in [2.75, 3.05) is 0 Å². The highest BCUT2D eigenvalue weighted by molar-refractivity contribution is 5.81. The fourth-order valence-corrected chi connectivity index (χ4v) is 2.39. The Morgan fingerprint density at radius 3 is 2.00 bits per heavy atom. The molecule has 0 aliphatic carbocycles. The molecule has 2 rings (SSSR count). The van der Waals surface area contributed by atoms with Crippen LogP contribution >= 0.6 is 0 Å². The molecule has 0 atom stereocenters. The van der Waals surface area contributed by atoms with Crippen molar-refractivity contribution in [3.05, 3.63) is 58.2 Å². The Bertz CT molecular complexity index is 637. The zero-order chi connectivity index (χ0) is 14.2. The van der Waals surface area contributed by atoms with Gasteiger partial charge >= 0.3 is 0 Å². The average molecular weight is 260 g/mol. The summed E-state index contributed by atoms with van der Waals surface area (Å²) in [5, 5.41) is 0. The fraction of sp³-hybridized carbons (Fsp3) is 0.188. The summed E-state index contributed by atoms with van der Waals surface area (Å²) in [5.74, 6) is -0.802.